The molecule has 1 heterocycles. The molecule has 0 unspecified atom stereocenters. The first-order valence-corrected chi connectivity index (χ1v) is 5.86. The Bertz CT molecular complexity index is 487. The van der Waals surface area contributed by atoms with Gasteiger partial charge in [-0.15, -0.1) is 5.10 Å². The van der Waals surface area contributed by atoms with Crippen molar-refractivity contribution in [3.05, 3.63) is 34.4 Å². The zero-order valence-corrected chi connectivity index (χ0v) is 10.8. The van der Waals surface area contributed by atoms with E-state index in [4.69, 9.17) is 5.73 Å². The van der Waals surface area contributed by atoms with Crippen molar-refractivity contribution in [2.24, 2.45) is 0 Å². The van der Waals surface area contributed by atoms with Gasteiger partial charge in [-0.1, -0.05) is 35.0 Å². The highest BCUT2D eigenvalue weighted by atomic mass is 79.9. The summed E-state index contributed by atoms with van der Waals surface area (Å²) in [4.78, 5) is 0. The van der Waals surface area contributed by atoms with Gasteiger partial charge in [-0.3, -0.25) is 0 Å². The van der Waals surface area contributed by atoms with E-state index in [1.807, 2.05) is 38.1 Å². The minimum atomic E-state index is 0.282. The molecule has 16 heavy (non-hydrogen) atoms. The van der Waals surface area contributed by atoms with Crippen molar-refractivity contribution in [2.45, 2.75) is 19.8 Å². The largest absolute Gasteiger partial charge is 0.382 e. The van der Waals surface area contributed by atoms with Crippen LogP contribution >= 0.6 is 15.9 Å². The number of rotatable bonds is 2. The highest BCUT2D eigenvalue weighted by Gasteiger charge is 2.13. The summed E-state index contributed by atoms with van der Waals surface area (Å²) in [7, 11) is 0. The van der Waals surface area contributed by atoms with Crippen LogP contribution in [0, 0.1) is 0 Å². The van der Waals surface area contributed by atoms with Gasteiger partial charge in [-0.2, -0.15) is 4.68 Å². The average molecular weight is 281 g/mol. The van der Waals surface area contributed by atoms with Crippen LogP contribution in [0.1, 0.15) is 25.5 Å². The predicted molar refractivity (Wildman–Crippen MR) is 67.6 cm³/mol. The third-order valence-electron chi connectivity index (χ3n) is 2.35. The van der Waals surface area contributed by atoms with Crippen molar-refractivity contribution in [1.29, 1.82) is 0 Å². The van der Waals surface area contributed by atoms with Gasteiger partial charge in [0.25, 0.3) is 0 Å². The normalized spacial score (nSPS) is 11.0. The van der Waals surface area contributed by atoms with Crippen molar-refractivity contribution in [3.63, 3.8) is 0 Å². The molecule has 1 aromatic carbocycles. The molecule has 2 aromatic rings. The van der Waals surface area contributed by atoms with E-state index in [0.29, 0.717) is 5.82 Å². The van der Waals surface area contributed by atoms with Crippen LogP contribution in [0.15, 0.2) is 28.7 Å². The van der Waals surface area contributed by atoms with Crippen LogP contribution in [0.25, 0.3) is 5.69 Å². The number of aromatic nitrogens is 3. The number of halogens is 1. The maximum absolute atomic E-state index is 6.00. The molecule has 0 aliphatic rings. The minimum Gasteiger partial charge on any atom is -0.382 e. The van der Waals surface area contributed by atoms with Crippen molar-refractivity contribution >= 4 is 21.7 Å². The molecule has 0 spiro atoms. The Balaban J connectivity index is 2.45. The smallest absolute Gasteiger partial charge is 0.151 e. The van der Waals surface area contributed by atoms with E-state index < -0.39 is 0 Å². The van der Waals surface area contributed by atoms with Crippen LogP contribution in [0.5, 0.6) is 0 Å². The molecule has 0 radical (unpaired) electrons. The van der Waals surface area contributed by atoms with Gasteiger partial charge in [-0.05, 0) is 24.3 Å². The summed E-state index contributed by atoms with van der Waals surface area (Å²) in [5.41, 5.74) is 7.75. The first-order valence-electron chi connectivity index (χ1n) is 5.06. The average Bonchev–Trinajstić information content (AvgIpc) is 2.61. The van der Waals surface area contributed by atoms with Gasteiger partial charge in [0, 0.05) is 10.4 Å². The van der Waals surface area contributed by atoms with Crippen LogP contribution < -0.4 is 5.73 Å². The summed E-state index contributed by atoms with van der Waals surface area (Å²) < 4.78 is 2.68. The summed E-state index contributed by atoms with van der Waals surface area (Å²) in [6.07, 6.45) is 0. The highest BCUT2D eigenvalue weighted by Crippen LogP contribution is 2.22. The molecule has 0 bridgehead atoms. The number of hydrogen-bond donors (Lipinski definition) is 1. The Kier molecular flexibility index (Phi) is 2.96. The number of hydrogen-bond acceptors (Lipinski definition) is 3. The summed E-state index contributed by atoms with van der Waals surface area (Å²) in [5.74, 6) is 0.890. The third-order valence-corrected chi connectivity index (χ3v) is 2.88. The lowest BCUT2D eigenvalue weighted by atomic mass is 10.1. The topological polar surface area (TPSA) is 56.7 Å². The lowest BCUT2D eigenvalue weighted by Gasteiger charge is -2.04. The Hall–Kier alpha value is -1.36. The third kappa shape index (κ3) is 1.95. The van der Waals surface area contributed by atoms with E-state index in [0.717, 1.165) is 15.9 Å². The van der Waals surface area contributed by atoms with Crippen molar-refractivity contribution in [2.75, 3.05) is 5.73 Å². The van der Waals surface area contributed by atoms with Crippen molar-refractivity contribution < 1.29 is 0 Å². The second-order valence-electron chi connectivity index (χ2n) is 3.90. The van der Waals surface area contributed by atoms with E-state index in [2.05, 4.69) is 26.2 Å². The van der Waals surface area contributed by atoms with Crippen LogP contribution in [-0.4, -0.2) is 15.0 Å². The zero-order valence-electron chi connectivity index (χ0n) is 9.18. The van der Waals surface area contributed by atoms with Crippen LogP contribution in [-0.2, 0) is 0 Å². The molecule has 5 heteroatoms. The number of nitrogens with zero attached hydrogens (tertiary/aromatic N) is 3. The van der Waals surface area contributed by atoms with Gasteiger partial charge >= 0.3 is 0 Å². The predicted octanol–water partition coefficient (Wildman–Crippen LogP) is 2.74. The maximum Gasteiger partial charge on any atom is 0.151 e. The van der Waals surface area contributed by atoms with E-state index in [1.165, 1.54) is 0 Å². The van der Waals surface area contributed by atoms with Crippen molar-refractivity contribution in [1.82, 2.24) is 15.0 Å². The Morgan fingerprint density at radius 3 is 2.38 bits per heavy atom. The number of nitrogens with two attached hydrogens (primary N) is 1. The first kappa shape index (κ1) is 11.1. The zero-order chi connectivity index (χ0) is 11.7. The molecule has 0 saturated carbocycles. The molecule has 84 valence electrons. The first-order chi connectivity index (χ1) is 7.59. The number of nitrogen functional groups attached to an aromatic ring is 1. The lowest BCUT2D eigenvalue weighted by Crippen LogP contribution is -2.03. The molecular weight excluding hydrogens is 268 g/mol. The second-order valence-corrected chi connectivity index (χ2v) is 4.82. The SMILES string of the molecule is CC(C)c1nnn(-c2ccc(Br)cc2)c1N. The van der Waals surface area contributed by atoms with E-state index in [9.17, 15) is 0 Å². The van der Waals surface area contributed by atoms with E-state index in [1.54, 1.807) is 4.68 Å². The van der Waals surface area contributed by atoms with Gasteiger partial charge in [-0.25, -0.2) is 0 Å². The van der Waals surface area contributed by atoms with Gasteiger partial charge in [0.05, 0.1) is 5.69 Å². The Morgan fingerprint density at radius 1 is 1.25 bits per heavy atom. The molecular formula is C11H13BrN4. The summed E-state index contributed by atoms with van der Waals surface area (Å²) in [6, 6.07) is 7.79. The molecule has 0 amide bonds. The standard InChI is InChI=1S/C11H13BrN4/c1-7(2)10-11(13)16(15-14-10)9-5-3-8(12)4-6-9/h3-7H,13H2,1-2H3. The van der Waals surface area contributed by atoms with Gasteiger partial charge in [0.2, 0.25) is 0 Å². The summed E-state index contributed by atoms with van der Waals surface area (Å²) in [6.45, 7) is 4.10. The monoisotopic (exact) mass is 280 g/mol. The van der Waals surface area contributed by atoms with Crippen LogP contribution in [0.2, 0.25) is 0 Å². The maximum atomic E-state index is 6.00. The summed E-state index contributed by atoms with van der Waals surface area (Å²) >= 11 is 3.39. The fourth-order valence-electron chi connectivity index (χ4n) is 1.49. The fraction of sp³-hybridized carbons (Fsp3) is 0.273. The van der Waals surface area contributed by atoms with E-state index >= 15 is 0 Å². The molecule has 1 aromatic heterocycles. The minimum absolute atomic E-state index is 0.282. The number of benzene rings is 1. The highest BCUT2D eigenvalue weighted by molar-refractivity contribution is 9.10. The lowest BCUT2D eigenvalue weighted by molar-refractivity contribution is 0.776. The summed E-state index contributed by atoms with van der Waals surface area (Å²) in [5, 5.41) is 8.15. The number of anilines is 1. The van der Waals surface area contributed by atoms with Crippen LogP contribution in [0.3, 0.4) is 0 Å². The van der Waals surface area contributed by atoms with Gasteiger partial charge in [0.15, 0.2) is 5.82 Å². The molecule has 2 N–H and O–H groups in total. The molecule has 2 rings (SSSR count). The Labute approximate surface area is 103 Å². The Morgan fingerprint density at radius 2 is 1.88 bits per heavy atom. The molecule has 0 aliphatic carbocycles. The molecule has 0 saturated heterocycles. The van der Waals surface area contributed by atoms with Gasteiger partial charge < -0.3 is 5.73 Å². The molecule has 0 fully saturated rings. The second kappa shape index (κ2) is 4.25. The molecule has 0 atom stereocenters. The van der Waals surface area contributed by atoms with Gasteiger partial charge in [0.1, 0.15) is 5.69 Å². The fourth-order valence-corrected chi connectivity index (χ4v) is 1.75. The molecule has 4 nitrogen and oxygen atoms in total. The molecule has 0 aliphatic heterocycles. The van der Waals surface area contributed by atoms with E-state index in [-0.39, 0.29) is 5.92 Å². The quantitative estimate of drug-likeness (QED) is 0.920. The van der Waals surface area contributed by atoms with Crippen LogP contribution in [0.4, 0.5) is 5.82 Å². The van der Waals surface area contributed by atoms with Crippen molar-refractivity contribution in [3.8, 4) is 5.69 Å².